The van der Waals surface area contributed by atoms with Crippen LogP contribution in [0, 0.1) is 0 Å². The van der Waals surface area contributed by atoms with Gasteiger partial charge in [-0.05, 0) is 29.8 Å². The highest BCUT2D eigenvalue weighted by atomic mass is 16.4. The molecule has 0 fully saturated rings. The van der Waals surface area contributed by atoms with Gasteiger partial charge in [0.2, 0.25) is 11.7 Å². The van der Waals surface area contributed by atoms with Crippen LogP contribution < -0.4 is 11.1 Å². The summed E-state index contributed by atoms with van der Waals surface area (Å²) in [4.78, 5) is 21.7. The number of carbonyl (C=O) groups excluding carboxylic acids is 1. The number of aromatic carboxylic acids is 1. The lowest BCUT2D eigenvalue weighted by atomic mass is 10.1. The number of primary amides is 1. The van der Waals surface area contributed by atoms with E-state index in [0.717, 1.165) is 5.56 Å². The van der Waals surface area contributed by atoms with Crippen molar-refractivity contribution in [1.82, 2.24) is 5.32 Å². The predicted octanol–water partition coefficient (Wildman–Crippen LogP) is 1.37. The van der Waals surface area contributed by atoms with E-state index in [-0.39, 0.29) is 5.76 Å². The lowest BCUT2D eigenvalue weighted by Gasteiger charge is -2.04. The highest BCUT2D eigenvalue weighted by molar-refractivity contribution is 5.92. The maximum atomic E-state index is 11.0. The Morgan fingerprint density at radius 3 is 2.65 bits per heavy atom. The summed E-state index contributed by atoms with van der Waals surface area (Å²) in [5.74, 6) is -1.11. The van der Waals surface area contributed by atoms with Gasteiger partial charge in [-0.2, -0.15) is 0 Å². The van der Waals surface area contributed by atoms with Crippen molar-refractivity contribution in [1.29, 1.82) is 0 Å². The van der Waals surface area contributed by atoms with Crippen molar-refractivity contribution in [2.24, 2.45) is 5.73 Å². The van der Waals surface area contributed by atoms with Crippen molar-refractivity contribution in [3.05, 3.63) is 59.0 Å². The standard InChI is InChI=1S/C14H14N2O4/c15-13(17)10-3-1-2-9(6-10)7-16-8-11-4-5-12(20-11)14(18)19/h1-6,16H,7-8H2,(H2,15,17)(H,18,19). The highest BCUT2D eigenvalue weighted by Crippen LogP contribution is 2.08. The van der Waals surface area contributed by atoms with Crippen molar-refractivity contribution < 1.29 is 19.1 Å². The molecule has 0 atom stereocenters. The summed E-state index contributed by atoms with van der Waals surface area (Å²) < 4.78 is 5.11. The van der Waals surface area contributed by atoms with Gasteiger partial charge in [-0.1, -0.05) is 12.1 Å². The first-order valence-corrected chi connectivity index (χ1v) is 5.98. The van der Waals surface area contributed by atoms with E-state index in [1.807, 2.05) is 6.07 Å². The summed E-state index contributed by atoms with van der Waals surface area (Å²) in [5, 5.41) is 11.8. The molecule has 1 amide bonds. The van der Waals surface area contributed by atoms with Gasteiger partial charge in [0.25, 0.3) is 0 Å². The van der Waals surface area contributed by atoms with Gasteiger partial charge in [0.1, 0.15) is 5.76 Å². The molecule has 1 aromatic heterocycles. The van der Waals surface area contributed by atoms with E-state index in [2.05, 4.69) is 5.32 Å². The minimum atomic E-state index is -1.09. The fourth-order valence-corrected chi connectivity index (χ4v) is 1.75. The summed E-state index contributed by atoms with van der Waals surface area (Å²) in [7, 11) is 0. The quantitative estimate of drug-likeness (QED) is 0.737. The fourth-order valence-electron chi connectivity index (χ4n) is 1.75. The van der Waals surface area contributed by atoms with Crippen LogP contribution in [0.4, 0.5) is 0 Å². The molecule has 0 unspecified atom stereocenters. The molecular weight excluding hydrogens is 260 g/mol. The van der Waals surface area contributed by atoms with E-state index >= 15 is 0 Å². The maximum absolute atomic E-state index is 11.0. The van der Waals surface area contributed by atoms with Gasteiger partial charge in [-0.15, -0.1) is 0 Å². The van der Waals surface area contributed by atoms with E-state index in [1.54, 1.807) is 24.3 Å². The third kappa shape index (κ3) is 3.46. The molecule has 0 spiro atoms. The Kier molecular flexibility index (Phi) is 4.17. The molecule has 0 aliphatic rings. The third-order valence-electron chi connectivity index (χ3n) is 2.71. The molecular formula is C14H14N2O4. The average Bonchev–Trinajstić information content (AvgIpc) is 2.88. The fraction of sp³-hybridized carbons (Fsp3) is 0.143. The molecule has 20 heavy (non-hydrogen) atoms. The Morgan fingerprint density at radius 2 is 2.00 bits per heavy atom. The van der Waals surface area contributed by atoms with Gasteiger partial charge in [0, 0.05) is 12.1 Å². The number of carbonyl (C=O) groups is 2. The smallest absolute Gasteiger partial charge is 0.371 e. The molecule has 1 aromatic carbocycles. The van der Waals surface area contributed by atoms with Gasteiger partial charge < -0.3 is 20.6 Å². The van der Waals surface area contributed by atoms with Crippen LogP contribution >= 0.6 is 0 Å². The largest absolute Gasteiger partial charge is 0.475 e. The van der Waals surface area contributed by atoms with E-state index < -0.39 is 11.9 Å². The van der Waals surface area contributed by atoms with Crippen LogP contribution in [0.2, 0.25) is 0 Å². The van der Waals surface area contributed by atoms with Crippen LogP contribution in [0.5, 0.6) is 0 Å². The number of benzene rings is 1. The monoisotopic (exact) mass is 274 g/mol. The second kappa shape index (κ2) is 6.03. The molecule has 104 valence electrons. The van der Waals surface area contributed by atoms with Crippen molar-refractivity contribution in [3.8, 4) is 0 Å². The zero-order valence-electron chi connectivity index (χ0n) is 10.6. The normalized spacial score (nSPS) is 10.4. The van der Waals surface area contributed by atoms with Crippen LogP contribution in [0.15, 0.2) is 40.8 Å². The Labute approximate surface area is 115 Å². The molecule has 0 aliphatic heterocycles. The minimum Gasteiger partial charge on any atom is -0.475 e. The van der Waals surface area contributed by atoms with Gasteiger partial charge in [-0.25, -0.2) is 4.79 Å². The average molecular weight is 274 g/mol. The summed E-state index contributed by atoms with van der Waals surface area (Å²) in [6.45, 7) is 0.915. The maximum Gasteiger partial charge on any atom is 0.371 e. The van der Waals surface area contributed by atoms with Crippen molar-refractivity contribution in [2.75, 3.05) is 0 Å². The van der Waals surface area contributed by atoms with E-state index in [0.29, 0.717) is 24.4 Å². The number of rotatable bonds is 6. The van der Waals surface area contributed by atoms with Crippen LogP contribution in [-0.2, 0) is 13.1 Å². The highest BCUT2D eigenvalue weighted by Gasteiger charge is 2.08. The van der Waals surface area contributed by atoms with E-state index in [1.165, 1.54) is 6.07 Å². The number of nitrogens with one attached hydrogen (secondary N) is 1. The lowest BCUT2D eigenvalue weighted by Crippen LogP contribution is -2.14. The topological polar surface area (TPSA) is 106 Å². The molecule has 0 aliphatic carbocycles. The van der Waals surface area contributed by atoms with Gasteiger partial charge in [0.05, 0.1) is 6.54 Å². The number of carboxylic acid groups (broad SMARTS) is 1. The van der Waals surface area contributed by atoms with E-state index in [9.17, 15) is 9.59 Å². The first-order valence-electron chi connectivity index (χ1n) is 5.98. The van der Waals surface area contributed by atoms with E-state index in [4.69, 9.17) is 15.3 Å². The van der Waals surface area contributed by atoms with Crippen molar-refractivity contribution in [3.63, 3.8) is 0 Å². The molecule has 4 N–H and O–H groups in total. The molecule has 1 heterocycles. The molecule has 2 aromatic rings. The van der Waals surface area contributed by atoms with Crippen molar-refractivity contribution in [2.45, 2.75) is 13.1 Å². The Bertz CT molecular complexity index is 634. The summed E-state index contributed by atoms with van der Waals surface area (Å²) >= 11 is 0. The second-order valence-electron chi connectivity index (χ2n) is 4.24. The second-order valence-corrected chi connectivity index (χ2v) is 4.24. The van der Waals surface area contributed by atoms with Gasteiger partial charge in [-0.3, -0.25) is 4.79 Å². The van der Waals surface area contributed by atoms with Crippen molar-refractivity contribution >= 4 is 11.9 Å². The number of hydrogen-bond acceptors (Lipinski definition) is 4. The SMILES string of the molecule is NC(=O)c1cccc(CNCc2ccc(C(=O)O)o2)c1. The summed E-state index contributed by atoms with van der Waals surface area (Å²) in [6, 6.07) is 10.00. The molecule has 0 saturated heterocycles. The van der Waals surface area contributed by atoms with Crippen LogP contribution in [0.25, 0.3) is 0 Å². The van der Waals surface area contributed by atoms with Crippen LogP contribution in [-0.4, -0.2) is 17.0 Å². The molecule has 6 nitrogen and oxygen atoms in total. The number of nitrogens with two attached hydrogens (primary N) is 1. The van der Waals surface area contributed by atoms with Crippen LogP contribution in [0.1, 0.15) is 32.2 Å². The molecule has 2 rings (SSSR count). The Morgan fingerprint density at radius 1 is 1.20 bits per heavy atom. The van der Waals surface area contributed by atoms with Crippen LogP contribution in [0.3, 0.4) is 0 Å². The Hall–Kier alpha value is -2.60. The third-order valence-corrected chi connectivity index (χ3v) is 2.71. The summed E-state index contributed by atoms with van der Waals surface area (Å²) in [6.07, 6.45) is 0. The van der Waals surface area contributed by atoms with Gasteiger partial charge in [0.15, 0.2) is 0 Å². The number of furan rings is 1. The van der Waals surface area contributed by atoms with Gasteiger partial charge >= 0.3 is 5.97 Å². The minimum absolute atomic E-state index is 0.0856. The molecule has 0 saturated carbocycles. The lowest BCUT2D eigenvalue weighted by molar-refractivity contribution is 0.0660. The zero-order valence-corrected chi connectivity index (χ0v) is 10.6. The molecule has 0 bridgehead atoms. The first-order chi connectivity index (χ1) is 9.56. The summed E-state index contributed by atoms with van der Waals surface area (Å²) in [5.41, 5.74) is 6.57. The number of hydrogen-bond donors (Lipinski definition) is 3. The number of amides is 1. The zero-order chi connectivity index (χ0) is 14.5. The number of carboxylic acids is 1. The Balaban J connectivity index is 1.90. The molecule has 6 heteroatoms. The predicted molar refractivity (Wildman–Crippen MR) is 71.2 cm³/mol. The molecule has 0 radical (unpaired) electrons. The first kappa shape index (κ1) is 13.8.